The van der Waals surface area contributed by atoms with Crippen LogP contribution in [0.3, 0.4) is 0 Å². The summed E-state index contributed by atoms with van der Waals surface area (Å²) in [6.07, 6.45) is 31.2. The molecular weight excluding hydrogens is 922 g/mol. The summed E-state index contributed by atoms with van der Waals surface area (Å²) in [5.41, 5.74) is 0. The number of carbonyl (C=O) groups excluding carboxylic acids is 2. The lowest BCUT2D eigenvalue weighted by molar-refractivity contribution is -0.216. The first-order valence-electron chi connectivity index (χ1n) is 23.9. The largest absolute Gasteiger partial charge is 0.472 e. The lowest BCUT2D eigenvalue weighted by Gasteiger charge is -2.43. The van der Waals surface area contributed by atoms with Crippen LogP contribution in [0.25, 0.3) is 0 Å². The molecule has 17 nitrogen and oxygen atoms in total. The number of ether oxygens (including phenoxy) is 2. The third-order valence-electron chi connectivity index (χ3n) is 10.2. The van der Waals surface area contributed by atoms with Gasteiger partial charge in [0.1, 0.15) is 43.2 Å². The van der Waals surface area contributed by atoms with Crippen molar-refractivity contribution in [1.82, 2.24) is 0 Å². The SMILES string of the molecule is CC/C=C\C/C=C\C/C=C\C/C=C\CCCCCCC(=O)O[C@H](COC(=O)CCC/C=C\C/C=C\C/C=C\C=C\[C@H](O)CCCCC)COP(=O)(O)O[C@H]1C(O)C(O)C(O)[C@@H](OP(=O)(O)O)C1O. The Labute approximate surface area is 403 Å². The van der Waals surface area contributed by atoms with E-state index in [2.05, 4.69) is 67.0 Å². The Morgan fingerprint density at radius 3 is 1.68 bits per heavy atom. The van der Waals surface area contributed by atoms with E-state index in [4.69, 9.17) is 18.5 Å². The van der Waals surface area contributed by atoms with Crippen LogP contribution in [0, 0.1) is 0 Å². The number of aliphatic hydroxyl groups excluding tert-OH is 5. The molecule has 388 valence electrons. The van der Waals surface area contributed by atoms with E-state index in [1.165, 1.54) is 0 Å². The summed E-state index contributed by atoms with van der Waals surface area (Å²) >= 11 is 0. The Morgan fingerprint density at radius 2 is 1.09 bits per heavy atom. The van der Waals surface area contributed by atoms with Crippen LogP contribution in [0.1, 0.15) is 136 Å². The Morgan fingerprint density at radius 1 is 0.559 bits per heavy atom. The van der Waals surface area contributed by atoms with Gasteiger partial charge in [0, 0.05) is 12.8 Å². The van der Waals surface area contributed by atoms with Crippen LogP contribution in [0.5, 0.6) is 0 Å². The monoisotopic (exact) mass is 1000 g/mol. The number of rotatable bonds is 38. The van der Waals surface area contributed by atoms with Crippen molar-refractivity contribution in [3.8, 4) is 0 Å². The first-order valence-corrected chi connectivity index (χ1v) is 26.9. The molecule has 1 saturated carbocycles. The van der Waals surface area contributed by atoms with E-state index in [1.54, 1.807) is 6.08 Å². The van der Waals surface area contributed by atoms with Crippen molar-refractivity contribution in [3.63, 3.8) is 0 Å². The highest BCUT2D eigenvalue weighted by Gasteiger charge is 2.54. The second kappa shape index (κ2) is 38.6. The third-order valence-corrected chi connectivity index (χ3v) is 11.7. The lowest BCUT2D eigenvalue weighted by Crippen LogP contribution is -2.64. The number of allylic oxidation sites excluding steroid dienone is 15. The second-order valence-corrected chi connectivity index (χ2v) is 18.9. The fraction of sp³-hybridized carbons (Fsp3) is 0.633. The van der Waals surface area contributed by atoms with Crippen LogP contribution in [0.2, 0.25) is 0 Å². The van der Waals surface area contributed by atoms with E-state index in [9.17, 15) is 58.9 Å². The maximum Gasteiger partial charge on any atom is 0.472 e. The Kier molecular flexibility index (Phi) is 35.7. The molecule has 68 heavy (non-hydrogen) atoms. The summed E-state index contributed by atoms with van der Waals surface area (Å²) in [6, 6.07) is 0. The molecule has 0 saturated heterocycles. The molecule has 0 heterocycles. The minimum Gasteiger partial charge on any atom is -0.462 e. The minimum atomic E-state index is -5.38. The number of unbranched alkanes of at least 4 members (excludes halogenated alkanes) is 7. The fourth-order valence-corrected chi connectivity index (χ4v) is 8.07. The summed E-state index contributed by atoms with van der Waals surface area (Å²) in [5, 5.41) is 51.2. The van der Waals surface area contributed by atoms with Gasteiger partial charge in [-0.3, -0.25) is 23.2 Å². The number of hydrogen-bond donors (Lipinski definition) is 8. The highest BCUT2D eigenvalue weighted by molar-refractivity contribution is 7.47. The third kappa shape index (κ3) is 32.6. The van der Waals surface area contributed by atoms with Crippen LogP contribution in [0.4, 0.5) is 0 Å². The molecule has 0 aromatic heterocycles. The van der Waals surface area contributed by atoms with Gasteiger partial charge < -0.3 is 49.7 Å². The van der Waals surface area contributed by atoms with Gasteiger partial charge in [-0.15, -0.1) is 0 Å². The standard InChI is InChI=1S/C49H80O17P2/c1-3-5-7-8-9-10-11-12-13-14-15-16-19-23-26-29-33-37-43(52)64-41(39-63-68(60,61)66-49-46(55)44(53)45(54)48(47(49)56)65-67(57,58)59)38-62-42(51)36-32-28-25-22-20-17-18-21-24-27-31-35-40(50)34-30-6-4-2/h5,7,9-10,12-13,15-18,22,24-25,27,31,35,40-41,44-50,53-56H,3-4,6,8,11,14,19-21,23,26,28-30,32-34,36-39H2,1-2H3,(H,60,61)(H2,57,58,59)/b7-5-,10-9-,13-12-,16-15-,18-17-,25-22-,27-24-,35-31+/t40-,41-,44?,45?,46?,47?,48-,49+/m1/s1. The molecule has 1 rings (SSSR count). The zero-order chi connectivity index (χ0) is 50.5. The zero-order valence-electron chi connectivity index (χ0n) is 39.9. The van der Waals surface area contributed by atoms with E-state index in [0.717, 1.165) is 83.5 Å². The second-order valence-electron chi connectivity index (χ2n) is 16.3. The average molecular weight is 1000 g/mol. The van der Waals surface area contributed by atoms with E-state index in [1.807, 2.05) is 42.5 Å². The van der Waals surface area contributed by atoms with Crippen LogP contribution < -0.4 is 0 Å². The number of carbonyl (C=O) groups is 2. The molecule has 0 amide bonds. The zero-order valence-corrected chi connectivity index (χ0v) is 41.6. The number of hydrogen-bond acceptors (Lipinski definition) is 14. The van der Waals surface area contributed by atoms with Crippen molar-refractivity contribution < 1.29 is 82.0 Å². The Hall–Kier alpha value is -3.12. The molecule has 0 aliphatic heterocycles. The summed E-state index contributed by atoms with van der Waals surface area (Å²) in [5.74, 6) is -1.34. The maximum atomic E-state index is 13.0. The Bertz CT molecular complexity index is 1700. The van der Waals surface area contributed by atoms with Gasteiger partial charge in [-0.1, -0.05) is 143 Å². The summed E-state index contributed by atoms with van der Waals surface area (Å²) in [4.78, 5) is 54.3. The van der Waals surface area contributed by atoms with Gasteiger partial charge in [-0.25, -0.2) is 9.13 Å². The van der Waals surface area contributed by atoms with Gasteiger partial charge in [-0.2, -0.15) is 0 Å². The van der Waals surface area contributed by atoms with E-state index in [-0.39, 0.29) is 12.8 Å². The van der Waals surface area contributed by atoms with E-state index in [0.29, 0.717) is 25.7 Å². The van der Waals surface area contributed by atoms with Gasteiger partial charge in [-0.05, 0) is 77.0 Å². The molecule has 8 N–H and O–H groups in total. The molecule has 1 aliphatic carbocycles. The summed E-state index contributed by atoms with van der Waals surface area (Å²) in [6.45, 7) is 2.79. The van der Waals surface area contributed by atoms with Crippen molar-refractivity contribution in [2.75, 3.05) is 13.2 Å². The predicted molar refractivity (Wildman–Crippen MR) is 261 cm³/mol. The molecule has 0 aromatic carbocycles. The van der Waals surface area contributed by atoms with Crippen LogP contribution in [-0.2, 0) is 41.8 Å². The molecule has 1 aliphatic rings. The quantitative estimate of drug-likeness (QED) is 0.00953. The van der Waals surface area contributed by atoms with Crippen LogP contribution in [0.15, 0.2) is 97.2 Å². The number of esters is 2. The maximum absolute atomic E-state index is 13.0. The lowest BCUT2D eigenvalue weighted by atomic mass is 9.85. The molecule has 0 bridgehead atoms. The molecule has 0 aromatic rings. The summed E-state index contributed by atoms with van der Waals surface area (Å²) < 4.78 is 49.3. The number of aliphatic hydroxyl groups is 5. The highest BCUT2D eigenvalue weighted by atomic mass is 31.2. The van der Waals surface area contributed by atoms with Crippen molar-refractivity contribution >= 4 is 27.6 Å². The first kappa shape index (κ1) is 62.9. The smallest absolute Gasteiger partial charge is 0.462 e. The molecule has 19 heteroatoms. The van der Waals surface area contributed by atoms with Crippen LogP contribution in [-0.4, -0.2) is 114 Å². The Balaban J connectivity index is 2.67. The topological polar surface area (TPSA) is 276 Å². The van der Waals surface area contributed by atoms with Crippen molar-refractivity contribution in [2.45, 2.75) is 185 Å². The van der Waals surface area contributed by atoms with E-state index < -0.39 is 89.6 Å². The normalized spacial score (nSPS) is 22.6. The van der Waals surface area contributed by atoms with Crippen LogP contribution >= 0.6 is 15.6 Å². The summed E-state index contributed by atoms with van der Waals surface area (Å²) in [7, 11) is -10.7. The van der Waals surface area contributed by atoms with Gasteiger partial charge in [0.15, 0.2) is 6.10 Å². The van der Waals surface area contributed by atoms with Gasteiger partial charge in [0.2, 0.25) is 0 Å². The molecule has 1 fully saturated rings. The average Bonchev–Trinajstić information content (AvgIpc) is 3.29. The van der Waals surface area contributed by atoms with Gasteiger partial charge in [0.05, 0.1) is 12.7 Å². The predicted octanol–water partition coefficient (Wildman–Crippen LogP) is 8.14. The number of phosphoric acid groups is 2. The molecule has 0 radical (unpaired) electrons. The molecule has 5 unspecified atom stereocenters. The first-order chi connectivity index (χ1) is 32.5. The van der Waals surface area contributed by atoms with E-state index >= 15 is 0 Å². The van der Waals surface area contributed by atoms with Gasteiger partial charge >= 0.3 is 27.6 Å². The molecule has 9 atom stereocenters. The van der Waals surface area contributed by atoms with Crippen molar-refractivity contribution in [1.29, 1.82) is 0 Å². The minimum absolute atomic E-state index is 0.0107. The number of phosphoric ester groups is 2. The van der Waals surface area contributed by atoms with Crippen molar-refractivity contribution in [2.24, 2.45) is 0 Å². The molecular formula is C49H80O17P2. The fourth-order valence-electron chi connectivity index (χ4n) is 6.53. The van der Waals surface area contributed by atoms with Gasteiger partial charge in [0.25, 0.3) is 0 Å². The highest BCUT2D eigenvalue weighted by Crippen LogP contribution is 2.49. The molecule has 0 spiro atoms. The van der Waals surface area contributed by atoms with Crippen molar-refractivity contribution in [3.05, 3.63) is 97.2 Å².